The summed E-state index contributed by atoms with van der Waals surface area (Å²) in [5, 5.41) is 0. The van der Waals surface area contributed by atoms with Gasteiger partial charge in [-0.25, -0.2) is 0 Å². The van der Waals surface area contributed by atoms with E-state index in [1.165, 1.54) is 0 Å². The first-order valence-electron chi connectivity index (χ1n) is 3.90. The summed E-state index contributed by atoms with van der Waals surface area (Å²) in [6, 6.07) is 0. The highest BCUT2D eigenvalue weighted by Crippen LogP contribution is 2.55. The predicted octanol–water partition coefficient (Wildman–Crippen LogP) is 6.58. The van der Waals surface area contributed by atoms with E-state index in [1.807, 2.05) is 0 Å². The zero-order valence-corrected chi connectivity index (χ0v) is 12.4. The maximum atomic E-state index is 12.8. The largest absolute Gasteiger partial charge is 0.494 e. The molecular weight excluding hydrogens is 355 g/mol. The van der Waals surface area contributed by atoms with Crippen molar-refractivity contribution in [2.24, 2.45) is 0 Å². The number of hydrogen-bond acceptors (Lipinski definition) is 6. The Bertz CT molecular complexity index is 311. The van der Waals surface area contributed by atoms with Gasteiger partial charge in [0.1, 0.15) is 9.79 Å². The summed E-state index contributed by atoms with van der Waals surface area (Å²) < 4.78 is 68.5. The Balaban J connectivity index is 3.71. The van der Waals surface area contributed by atoms with Gasteiger partial charge in [-0.05, 0) is 0 Å². The van der Waals surface area contributed by atoms with Crippen LogP contribution in [0.5, 0.6) is 5.75 Å². The molecule has 11 heteroatoms. The van der Waals surface area contributed by atoms with Gasteiger partial charge in [-0.15, -0.1) is 0 Å². The van der Waals surface area contributed by atoms with E-state index in [-0.39, 0.29) is 5.75 Å². The van der Waals surface area contributed by atoms with Crippen molar-refractivity contribution in [1.82, 2.24) is 0 Å². The minimum atomic E-state index is -0.517. The summed E-state index contributed by atoms with van der Waals surface area (Å²) in [5.41, 5.74) is 0. The maximum absolute atomic E-state index is 12.8. The number of rotatable bonds is 6. The molecule has 1 rings (SSSR count). The van der Waals surface area contributed by atoms with Crippen molar-refractivity contribution in [3.63, 3.8) is 0 Å². The van der Waals surface area contributed by atoms with Gasteiger partial charge >= 0.3 is 0 Å². The Labute approximate surface area is 122 Å². The average molecular weight is 358 g/mol. The van der Waals surface area contributed by atoms with Crippen LogP contribution in [0.4, 0.5) is 19.4 Å². The Morgan fingerprint density at radius 2 is 0.889 bits per heavy atom. The van der Waals surface area contributed by atoms with Crippen LogP contribution in [0.1, 0.15) is 0 Å². The molecule has 1 nitrogen and oxygen atoms in total. The molecule has 1 aromatic carbocycles. The molecule has 18 heavy (non-hydrogen) atoms. The van der Waals surface area contributed by atoms with Crippen molar-refractivity contribution in [2.75, 3.05) is 7.11 Å². The summed E-state index contributed by atoms with van der Waals surface area (Å²) in [5.74, 6) is -0.367. The number of methoxy groups -OCH3 is 1. The van der Waals surface area contributed by atoms with Gasteiger partial charge in [0.05, 0.1) is 82.5 Å². The molecule has 0 bridgehead atoms. The first-order chi connectivity index (χ1) is 8.69. The van der Waals surface area contributed by atoms with E-state index in [2.05, 4.69) is 0 Å². The molecule has 0 unspecified atom stereocenters. The van der Waals surface area contributed by atoms with Crippen LogP contribution in [0.25, 0.3) is 0 Å². The lowest BCUT2D eigenvalue weighted by Gasteiger charge is -2.15. The van der Waals surface area contributed by atoms with Crippen LogP contribution in [0.3, 0.4) is 0 Å². The first kappa shape index (κ1) is 16.5. The molecule has 0 aliphatic carbocycles. The molecule has 102 valence electrons. The van der Waals surface area contributed by atoms with Crippen LogP contribution >= 0.6 is 60.7 Å². The average Bonchev–Trinajstić information content (AvgIpc) is 2.43. The van der Waals surface area contributed by atoms with Crippen LogP contribution in [-0.4, -0.2) is 7.11 Å². The highest BCUT2D eigenvalue weighted by atomic mass is 32.2. The molecule has 0 spiro atoms. The highest BCUT2D eigenvalue weighted by Gasteiger charge is 2.28. The van der Waals surface area contributed by atoms with Crippen molar-refractivity contribution >= 4 is 60.7 Å². The zero-order valence-electron chi connectivity index (χ0n) is 8.34. The molecule has 0 aliphatic rings. The second-order valence-corrected chi connectivity index (χ2v) is 5.38. The normalized spacial score (nSPS) is 10.8. The quantitative estimate of drug-likeness (QED) is 0.527. The summed E-state index contributed by atoms with van der Waals surface area (Å²) in [7, 11) is 1.09. The summed E-state index contributed by atoms with van der Waals surface area (Å²) in [6.07, 6.45) is 0. The van der Waals surface area contributed by atoms with E-state index >= 15 is 0 Å². The van der Waals surface area contributed by atoms with Crippen LogP contribution in [-0.2, 0) is 0 Å². The lowest BCUT2D eigenvalue weighted by atomic mass is 10.3. The minimum absolute atomic E-state index is 0.367. The van der Waals surface area contributed by atoms with E-state index in [9.17, 15) is 19.4 Å². The fraction of sp³-hybridized carbons (Fsp3) is 0.143. The summed E-state index contributed by atoms with van der Waals surface area (Å²) in [6.45, 7) is 0. The summed E-state index contributed by atoms with van der Waals surface area (Å²) >= 11 is -2.27. The first-order valence-corrected chi connectivity index (χ1v) is 7.49. The van der Waals surface area contributed by atoms with Gasteiger partial charge in [0.15, 0.2) is 5.75 Å². The third kappa shape index (κ3) is 2.94. The van der Waals surface area contributed by atoms with Crippen LogP contribution in [0.2, 0.25) is 0 Å². The van der Waals surface area contributed by atoms with E-state index in [0.717, 1.165) is 7.11 Å². The lowest BCUT2D eigenvalue weighted by Crippen LogP contribution is -1.95. The minimum Gasteiger partial charge on any atom is -0.494 e. The molecule has 0 saturated heterocycles. The Morgan fingerprint density at radius 3 is 1.11 bits per heavy atom. The van der Waals surface area contributed by atoms with Gasteiger partial charge in [0.2, 0.25) is 0 Å². The van der Waals surface area contributed by atoms with Gasteiger partial charge in [-0.2, -0.15) is 19.4 Å². The van der Waals surface area contributed by atoms with E-state index in [4.69, 9.17) is 4.74 Å². The van der Waals surface area contributed by atoms with Crippen molar-refractivity contribution in [3.05, 3.63) is 0 Å². The lowest BCUT2D eigenvalue weighted by molar-refractivity contribution is 0.386. The molecule has 0 heterocycles. The third-order valence-corrected chi connectivity index (χ3v) is 5.12. The molecule has 0 radical (unpaired) electrons. The number of ether oxygens (including phenoxy) is 1. The van der Waals surface area contributed by atoms with Gasteiger partial charge in [-0.3, -0.25) is 0 Å². The Hall–Kier alpha value is 0.420. The highest BCUT2D eigenvalue weighted by molar-refractivity contribution is 8.00. The zero-order chi connectivity index (χ0) is 13.7. The molecule has 1 aromatic rings. The van der Waals surface area contributed by atoms with Gasteiger partial charge in [0.25, 0.3) is 0 Å². The number of hydrogen-bond donors (Lipinski definition) is 0. The molecule has 0 saturated carbocycles. The molecule has 0 amide bonds. The second-order valence-electron chi connectivity index (χ2n) is 2.56. The van der Waals surface area contributed by atoms with Crippen molar-refractivity contribution in [2.45, 2.75) is 24.5 Å². The fourth-order valence-corrected chi connectivity index (χ4v) is 4.04. The van der Waals surface area contributed by atoms with Crippen LogP contribution < -0.4 is 4.74 Å². The third-order valence-electron chi connectivity index (χ3n) is 1.83. The van der Waals surface area contributed by atoms with Crippen LogP contribution in [0, 0.1) is 0 Å². The molecule has 0 fully saturated rings. The predicted molar refractivity (Wildman–Crippen MR) is 67.8 cm³/mol. The Kier molecular flexibility index (Phi) is 7.21. The van der Waals surface area contributed by atoms with E-state index in [0.29, 0.717) is 0 Å². The molecule has 0 aliphatic heterocycles. The van der Waals surface area contributed by atoms with E-state index in [1.54, 1.807) is 0 Å². The maximum Gasteiger partial charge on any atom is 0.153 e. The monoisotopic (exact) mass is 358 g/mol. The van der Waals surface area contributed by atoms with Gasteiger partial charge in [-0.1, -0.05) is 0 Å². The van der Waals surface area contributed by atoms with Crippen molar-refractivity contribution in [1.29, 1.82) is 0 Å². The Morgan fingerprint density at radius 1 is 0.611 bits per heavy atom. The molecule has 0 aromatic heterocycles. The van der Waals surface area contributed by atoms with Gasteiger partial charge in [0, 0.05) is 0 Å². The summed E-state index contributed by atoms with van der Waals surface area (Å²) in [4.78, 5) is -2.34. The molecule has 0 N–H and O–H groups in total. The molecular formula is C7H3F5OS5. The topological polar surface area (TPSA) is 9.23 Å². The van der Waals surface area contributed by atoms with E-state index < -0.39 is 85.2 Å². The SMILES string of the molecule is COc1c(SF)c(SF)c(SF)c(SF)c1SF. The van der Waals surface area contributed by atoms with Gasteiger partial charge < -0.3 is 4.74 Å². The van der Waals surface area contributed by atoms with Crippen LogP contribution in [0.15, 0.2) is 24.5 Å². The number of benzene rings is 1. The van der Waals surface area contributed by atoms with Crippen molar-refractivity contribution in [3.8, 4) is 5.75 Å². The second kappa shape index (κ2) is 7.88. The smallest absolute Gasteiger partial charge is 0.153 e. The fourth-order valence-electron chi connectivity index (χ4n) is 1.15. The standard InChI is InChI=1S/C7H3F5OS5/c1-13-2-3(14-8)5(16-10)7(18-12)6(17-11)4(2)15-9/h1H3. The number of halogens is 5. The molecule has 0 atom stereocenters. The van der Waals surface area contributed by atoms with Crippen molar-refractivity contribution < 1.29 is 24.2 Å².